The average molecular weight is 267 g/mol. The number of fused-ring (bicyclic) bond motifs is 1. The molecule has 1 aromatic carbocycles. The molecule has 20 heavy (non-hydrogen) atoms. The molecule has 1 aromatic heterocycles. The van der Waals surface area contributed by atoms with E-state index in [9.17, 15) is 9.59 Å². The molecule has 3 rings (SSSR count). The number of hydrogen-bond acceptors (Lipinski definition) is 4. The topological polar surface area (TPSA) is 76.3 Å². The van der Waals surface area contributed by atoms with Gasteiger partial charge >= 0.3 is 0 Å². The Hall–Kier alpha value is -2.69. The molecule has 0 saturated heterocycles. The fourth-order valence-corrected chi connectivity index (χ4v) is 2.35. The number of rotatable bonds is 1. The second kappa shape index (κ2) is 4.16. The van der Waals surface area contributed by atoms with E-state index in [1.165, 1.54) is 11.1 Å². The number of amides is 2. The molecule has 0 spiro atoms. The summed E-state index contributed by atoms with van der Waals surface area (Å²) in [5.41, 5.74) is 9.19. The number of anilines is 2. The maximum atomic E-state index is 12.4. The van der Waals surface area contributed by atoms with Crippen molar-refractivity contribution in [3.05, 3.63) is 52.8 Å². The first-order chi connectivity index (χ1) is 9.50. The summed E-state index contributed by atoms with van der Waals surface area (Å²) in [6, 6.07) is 6.78. The number of carbonyl (C=O) groups excluding carboxylic acids is 2. The summed E-state index contributed by atoms with van der Waals surface area (Å²) < 4.78 is 0. The Morgan fingerprint density at radius 2 is 1.85 bits per heavy atom. The number of carbonyl (C=O) groups is 2. The van der Waals surface area contributed by atoms with Crippen LogP contribution in [0.2, 0.25) is 0 Å². The van der Waals surface area contributed by atoms with Crippen molar-refractivity contribution in [2.24, 2.45) is 0 Å². The van der Waals surface area contributed by atoms with Crippen molar-refractivity contribution in [2.45, 2.75) is 13.8 Å². The molecule has 1 aliphatic heterocycles. The zero-order valence-corrected chi connectivity index (χ0v) is 11.2. The molecule has 100 valence electrons. The van der Waals surface area contributed by atoms with E-state index in [1.807, 2.05) is 13.8 Å². The second-order valence-corrected chi connectivity index (χ2v) is 4.84. The molecular formula is C15H13N3O2. The van der Waals surface area contributed by atoms with Gasteiger partial charge in [0.05, 0.1) is 11.3 Å². The predicted octanol–water partition coefficient (Wildman–Crippen LogP) is 2.08. The molecule has 0 saturated carbocycles. The minimum absolute atomic E-state index is 0.200. The third kappa shape index (κ3) is 1.60. The van der Waals surface area contributed by atoms with Crippen molar-refractivity contribution in [3.63, 3.8) is 0 Å². The molecule has 2 amide bonds. The molecular weight excluding hydrogens is 254 g/mol. The van der Waals surface area contributed by atoms with E-state index in [4.69, 9.17) is 5.73 Å². The van der Waals surface area contributed by atoms with Gasteiger partial charge in [0.2, 0.25) is 0 Å². The zero-order valence-electron chi connectivity index (χ0n) is 11.2. The molecule has 0 radical (unpaired) electrons. The number of imide groups is 1. The molecule has 5 heteroatoms. The molecule has 0 unspecified atom stereocenters. The number of pyridine rings is 1. The summed E-state index contributed by atoms with van der Waals surface area (Å²) in [7, 11) is 0. The number of hydrogen-bond donors (Lipinski definition) is 1. The number of nitrogens with zero attached hydrogens (tertiary/aromatic N) is 2. The van der Waals surface area contributed by atoms with Gasteiger partial charge in [0.15, 0.2) is 0 Å². The number of nitrogen functional groups attached to an aromatic ring is 1. The lowest BCUT2D eigenvalue weighted by Gasteiger charge is -2.18. The van der Waals surface area contributed by atoms with Crippen LogP contribution in [0.4, 0.5) is 11.4 Å². The van der Waals surface area contributed by atoms with Crippen molar-refractivity contribution >= 4 is 23.2 Å². The lowest BCUT2D eigenvalue weighted by molar-refractivity contribution is 0.0924. The Bertz CT molecular complexity index is 718. The van der Waals surface area contributed by atoms with Crippen molar-refractivity contribution in [2.75, 3.05) is 10.6 Å². The van der Waals surface area contributed by atoms with Crippen LogP contribution in [-0.4, -0.2) is 16.8 Å². The van der Waals surface area contributed by atoms with Crippen LogP contribution < -0.4 is 10.6 Å². The van der Waals surface area contributed by atoms with Crippen molar-refractivity contribution in [1.29, 1.82) is 0 Å². The van der Waals surface area contributed by atoms with Gasteiger partial charge in [0.1, 0.15) is 5.69 Å². The second-order valence-electron chi connectivity index (χ2n) is 4.84. The third-order valence-electron chi connectivity index (χ3n) is 3.47. The van der Waals surface area contributed by atoms with Crippen LogP contribution in [-0.2, 0) is 0 Å². The third-order valence-corrected chi connectivity index (χ3v) is 3.47. The van der Waals surface area contributed by atoms with E-state index in [1.54, 1.807) is 24.3 Å². The average Bonchev–Trinajstić information content (AvgIpc) is 2.68. The number of aryl methyl sites for hydroxylation is 2. The molecule has 0 bridgehead atoms. The monoisotopic (exact) mass is 267 g/mol. The molecule has 0 atom stereocenters. The van der Waals surface area contributed by atoms with Gasteiger partial charge in [-0.2, -0.15) is 0 Å². The predicted molar refractivity (Wildman–Crippen MR) is 75.7 cm³/mol. The van der Waals surface area contributed by atoms with Gasteiger partial charge in [0, 0.05) is 11.9 Å². The van der Waals surface area contributed by atoms with Crippen LogP contribution in [0.1, 0.15) is 32.0 Å². The van der Waals surface area contributed by atoms with E-state index in [2.05, 4.69) is 4.98 Å². The summed E-state index contributed by atoms with van der Waals surface area (Å²) in [5.74, 6) is -0.733. The molecule has 2 N–H and O–H groups in total. The molecule has 2 aromatic rings. The smallest absolute Gasteiger partial charge is 0.284 e. The fourth-order valence-electron chi connectivity index (χ4n) is 2.35. The first-order valence-corrected chi connectivity index (χ1v) is 6.21. The standard InChI is InChI=1S/C15H13N3O2/c1-8-7-12(9(2)6-11(8)16)18-14(19)10-4-3-5-17-13(10)15(18)20/h3-7H,16H2,1-2H3. The molecule has 5 nitrogen and oxygen atoms in total. The van der Waals surface area contributed by atoms with Crippen LogP contribution in [0.3, 0.4) is 0 Å². The summed E-state index contributed by atoms with van der Waals surface area (Å²) in [5, 5.41) is 0. The Kier molecular flexibility index (Phi) is 2.57. The number of benzene rings is 1. The van der Waals surface area contributed by atoms with Gasteiger partial charge < -0.3 is 5.73 Å². The normalized spacial score (nSPS) is 13.8. The van der Waals surface area contributed by atoms with E-state index in [0.29, 0.717) is 16.9 Å². The van der Waals surface area contributed by atoms with Gasteiger partial charge in [-0.05, 0) is 49.2 Å². The minimum Gasteiger partial charge on any atom is -0.399 e. The first-order valence-electron chi connectivity index (χ1n) is 6.21. The summed E-state index contributed by atoms with van der Waals surface area (Å²) in [4.78, 5) is 29.9. The highest BCUT2D eigenvalue weighted by Gasteiger charge is 2.38. The van der Waals surface area contributed by atoms with Crippen LogP contribution in [0.25, 0.3) is 0 Å². The highest BCUT2D eigenvalue weighted by molar-refractivity contribution is 6.34. The lowest BCUT2D eigenvalue weighted by Crippen LogP contribution is -2.30. The van der Waals surface area contributed by atoms with Gasteiger partial charge in [0.25, 0.3) is 11.8 Å². The quantitative estimate of drug-likeness (QED) is 0.634. The van der Waals surface area contributed by atoms with Gasteiger partial charge in [-0.1, -0.05) is 0 Å². The summed E-state index contributed by atoms with van der Waals surface area (Å²) >= 11 is 0. The Labute approximate surface area is 116 Å². The number of aromatic nitrogens is 1. The minimum atomic E-state index is -0.391. The largest absolute Gasteiger partial charge is 0.399 e. The van der Waals surface area contributed by atoms with Crippen molar-refractivity contribution < 1.29 is 9.59 Å². The zero-order chi connectivity index (χ0) is 14.4. The molecule has 0 fully saturated rings. The lowest BCUT2D eigenvalue weighted by atomic mass is 10.1. The maximum absolute atomic E-state index is 12.4. The van der Waals surface area contributed by atoms with E-state index >= 15 is 0 Å². The Morgan fingerprint density at radius 1 is 1.10 bits per heavy atom. The number of nitrogens with two attached hydrogens (primary N) is 1. The van der Waals surface area contributed by atoms with Crippen LogP contribution in [0.5, 0.6) is 0 Å². The first kappa shape index (κ1) is 12.3. The Balaban J connectivity index is 2.17. The highest BCUT2D eigenvalue weighted by atomic mass is 16.2. The maximum Gasteiger partial charge on any atom is 0.284 e. The summed E-state index contributed by atoms with van der Waals surface area (Å²) in [6.45, 7) is 3.66. The van der Waals surface area contributed by atoms with Crippen molar-refractivity contribution in [1.82, 2.24) is 4.98 Å². The summed E-state index contributed by atoms with van der Waals surface area (Å²) in [6.07, 6.45) is 1.51. The van der Waals surface area contributed by atoms with Gasteiger partial charge in [-0.25, -0.2) is 4.90 Å². The Morgan fingerprint density at radius 3 is 2.55 bits per heavy atom. The van der Waals surface area contributed by atoms with Crippen LogP contribution >= 0.6 is 0 Å². The van der Waals surface area contributed by atoms with E-state index in [0.717, 1.165) is 11.1 Å². The van der Waals surface area contributed by atoms with Gasteiger partial charge in [-0.15, -0.1) is 0 Å². The van der Waals surface area contributed by atoms with Gasteiger partial charge in [-0.3, -0.25) is 14.6 Å². The fraction of sp³-hybridized carbons (Fsp3) is 0.133. The molecule has 0 aliphatic carbocycles. The SMILES string of the molecule is Cc1cc(N2C(=O)c3cccnc3C2=O)c(C)cc1N. The van der Waals surface area contributed by atoms with Crippen LogP contribution in [0.15, 0.2) is 30.5 Å². The molecule has 1 aliphatic rings. The van der Waals surface area contributed by atoms with Crippen LogP contribution in [0, 0.1) is 13.8 Å². The van der Waals surface area contributed by atoms with E-state index in [-0.39, 0.29) is 11.6 Å². The molecule has 2 heterocycles. The highest BCUT2D eigenvalue weighted by Crippen LogP contribution is 2.31. The van der Waals surface area contributed by atoms with Crippen molar-refractivity contribution in [3.8, 4) is 0 Å². The van der Waals surface area contributed by atoms with E-state index < -0.39 is 5.91 Å².